The van der Waals surface area contributed by atoms with Crippen molar-refractivity contribution in [2.75, 3.05) is 23.0 Å². The van der Waals surface area contributed by atoms with Crippen molar-refractivity contribution in [2.45, 2.75) is 25.7 Å². The normalized spacial score (nSPS) is 11.8. The zero-order chi connectivity index (χ0) is 20.0. The number of carbonyl (C=O) groups is 1. The lowest BCUT2D eigenvalue weighted by molar-refractivity contribution is -0.118. The molecule has 1 amide bonds. The van der Waals surface area contributed by atoms with Crippen LogP contribution in [-0.4, -0.2) is 51.1 Å². The molecule has 0 fully saturated rings. The molecule has 0 aliphatic heterocycles. The van der Waals surface area contributed by atoms with Crippen molar-refractivity contribution in [3.05, 3.63) is 35.9 Å². The second-order valence-electron chi connectivity index (χ2n) is 5.46. The number of alkyl halides is 4. The van der Waals surface area contributed by atoms with Crippen LogP contribution in [0.5, 0.6) is 0 Å². The van der Waals surface area contributed by atoms with Crippen LogP contribution in [0.4, 0.5) is 23.2 Å². The Labute approximate surface area is 162 Å². The Balaban J connectivity index is 2.00. The zero-order valence-electron chi connectivity index (χ0n) is 14.3. The van der Waals surface area contributed by atoms with Crippen molar-refractivity contribution in [1.29, 1.82) is 0 Å². The van der Waals surface area contributed by atoms with Gasteiger partial charge in [0, 0.05) is 24.9 Å². The fraction of sp³-hybridized carbons (Fsp3) is 0.438. The number of rotatable bonds is 9. The van der Waals surface area contributed by atoms with Gasteiger partial charge in [-0.25, -0.2) is 13.5 Å². The van der Waals surface area contributed by atoms with Gasteiger partial charge in [-0.1, -0.05) is 11.6 Å². The number of nitrogens with zero attached hydrogens (tertiary/aromatic N) is 4. The molecule has 2 aromatic rings. The summed E-state index contributed by atoms with van der Waals surface area (Å²) in [7, 11) is 0. The molecule has 0 aliphatic rings. The second kappa shape index (κ2) is 9.41. The summed E-state index contributed by atoms with van der Waals surface area (Å²) in [5.41, 5.74) is 1.02. The molecule has 2 aromatic heterocycles. The maximum absolute atomic E-state index is 12.9. The van der Waals surface area contributed by atoms with Gasteiger partial charge < -0.3 is 4.90 Å². The van der Waals surface area contributed by atoms with E-state index in [1.807, 2.05) is 0 Å². The monoisotopic (exact) mass is 424 g/mol. The van der Waals surface area contributed by atoms with Gasteiger partial charge in [0.15, 0.2) is 5.15 Å². The molecule has 0 aliphatic carbocycles. The number of anilines is 1. The average Bonchev–Trinajstić information content (AvgIpc) is 3.02. The summed E-state index contributed by atoms with van der Waals surface area (Å²) in [5.74, 6) is -5.47. The van der Waals surface area contributed by atoms with Crippen LogP contribution >= 0.6 is 23.4 Å². The molecule has 0 atom stereocenters. The quantitative estimate of drug-likeness (QED) is 0.445. The molecule has 0 saturated heterocycles. The Morgan fingerprint density at radius 3 is 2.78 bits per heavy atom. The zero-order valence-corrected chi connectivity index (χ0v) is 15.9. The lowest BCUT2D eigenvalue weighted by atomic mass is 10.3. The number of halogens is 5. The number of carbonyl (C=O) groups excluding carboxylic acids is 1. The van der Waals surface area contributed by atoms with E-state index in [4.69, 9.17) is 11.6 Å². The highest BCUT2D eigenvalue weighted by Crippen LogP contribution is 2.29. The first-order valence-corrected chi connectivity index (χ1v) is 9.49. The van der Waals surface area contributed by atoms with Gasteiger partial charge in [-0.2, -0.15) is 25.6 Å². The Hall–Kier alpha value is -1.81. The summed E-state index contributed by atoms with van der Waals surface area (Å²) >= 11 is 6.74. The van der Waals surface area contributed by atoms with E-state index in [1.165, 1.54) is 9.58 Å². The molecular weight excluding hydrogens is 408 g/mol. The molecule has 0 saturated carbocycles. The van der Waals surface area contributed by atoms with E-state index in [0.29, 0.717) is 23.1 Å². The van der Waals surface area contributed by atoms with Gasteiger partial charge in [-0.15, -0.1) is 0 Å². The van der Waals surface area contributed by atoms with Crippen LogP contribution in [0.2, 0.25) is 5.15 Å². The highest BCUT2D eigenvalue weighted by molar-refractivity contribution is 7.99. The predicted octanol–water partition coefficient (Wildman–Crippen LogP) is 4.30. The third kappa shape index (κ3) is 5.58. The van der Waals surface area contributed by atoms with Gasteiger partial charge in [0.1, 0.15) is 5.69 Å². The first kappa shape index (κ1) is 21.5. The fourth-order valence-corrected chi connectivity index (χ4v) is 3.29. The van der Waals surface area contributed by atoms with Crippen molar-refractivity contribution < 1.29 is 22.4 Å². The van der Waals surface area contributed by atoms with Crippen LogP contribution < -0.4 is 4.90 Å². The highest BCUT2D eigenvalue weighted by Gasteiger charge is 2.40. The molecular formula is C16H17ClF4N4OS. The lowest BCUT2D eigenvalue weighted by Gasteiger charge is -2.20. The molecule has 2 heterocycles. The number of amides is 1. The summed E-state index contributed by atoms with van der Waals surface area (Å²) in [6, 6.07) is 3.48. The molecule has 0 bridgehead atoms. The first-order chi connectivity index (χ1) is 12.8. The Kier molecular flexibility index (Phi) is 7.49. The number of hydrogen-bond acceptors (Lipinski definition) is 4. The molecule has 0 aromatic carbocycles. The van der Waals surface area contributed by atoms with E-state index >= 15 is 0 Å². The summed E-state index contributed by atoms with van der Waals surface area (Å²) in [6.45, 7) is 2.02. The van der Waals surface area contributed by atoms with Crippen LogP contribution in [0.1, 0.15) is 13.3 Å². The van der Waals surface area contributed by atoms with E-state index in [2.05, 4.69) is 10.1 Å². The molecule has 0 radical (unpaired) electrons. The van der Waals surface area contributed by atoms with Crippen LogP contribution in [0.15, 0.2) is 30.7 Å². The topological polar surface area (TPSA) is 51.0 Å². The molecule has 5 nitrogen and oxygen atoms in total. The van der Waals surface area contributed by atoms with Gasteiger partial charge in [0.05, 0.1) is 23.8 Å². The minimum Gasteiger partial charge on any atom is -0.308 e. The molecule has 0 unspecified atom stereocenters. The summed E-state index contributed by atoms with van der Waals surface area (Å²) in [5, 5.41) is 4.24. The lowest BCUT2D eigenvalue weighted by Crippen LogP contribution is -2.32. The number of aromatic nitrogens is 3. The average molecular weight is 425 g/mol. The van der Waals surface area contributed by atoms with Crippen LogP contribution in [0.25, 0.3) is 5.69 Å². The molecule has 0 spiro atoms. The molecule has 2 rings (SSSR count). The molecule has 27 heavy (non-hydrogen) atoms. The van der Waals surface area contributed by atoms with Crippen molar-refractivity contribution in [1.82, 2.24) is 14.8 Å². The Morgan fingerprint density at radius 1 is 1.44 bits per heavy atom. The SMILES string of the molecule is CCN(C(=O)CCSCC(F)(F)C(F)F)c1cn(-c2cccnc2)nc1Cl. The van der Waals surface area contributed by atoms with Gasteiger partial charge in [0.2, 0.25) is 5.91 Å². The van der Waals surface area contributed by atoms with E-state index in [0.717, 1.165) is 0 Å². The fourth-order valence-electron chi connectivity index (χ4n) is 2.19. The summed E-state index contributed by atoms with van der Waals surface area (Å²) in [4.78, 5) is 17.7. The van der Waals surface area contributed by atoms with Crippen LogP contribution in [-0.2, 0) is 4.79 Å². The highest BCUT2D eigenvalue weighted by atomic mass is 35.5. The number of hydrogen-bond donors (Lipinski definition) is 0. The third-order valence-corrected chi connectivity index (χ3v) is 4.90. The van der Waals surface area contributed by atoms with Crippen molar-refractivity contribution in [3.8, 4) is 5.69 Å². The van der Waals surface area contributed by atoms with E-state index in [9.17, 15) is 22.4 Å². The Morgan fingerprint density at radius 2 is 2.19 bits per heavy atom. The van der Waals surface area contributed by atoms with Crippen LogP contribution in [0, 0.1) is 0 Å². The van der Waals surface area contributed by atoms with Crippen LogP contribution in [0.3, 0.4) is 0 Å². The van der Waals surface area contributed by atoms with E-state index in [1.54, 1.807) is 37.6 Å². The second-order valence-corrected chi connectivity index (χ2v) is 6.93. The van der Waals surface area contributed by atoms with Gasteiger partial charge in [0.25, 0.3) is 0 Å². The third-order valence-electron chi connectivity index (χ3n) is 3.54. The molecule has 0 N–H and O–H groups in total. The van der Waals surface area contributed by atoms with Gasteiger partial charge in [-0.3, -0.25) is 9.78 Å². The van der Waals surface area contributed by atoms with Gasteiger partial charge >= 0.3 is 12.3 Å². The maximum atomic E-state index is 12.9. The predicted molar refractivity (Wildman–Crippen MR) is 97.3 cm³/mol. The standard InChI is InChI=1S/C16H17ClF4N4OS/c1-2-24(13(26)5-7-27-10-16(20,21)15(18)19)12-9-25(23-14(12)17)11-4-3-6-22-8-11/h3-4,6,8-9,15H,2,5,7,10H2,1H3. The number of pyridine rings is 1. The van der Waals surface area contributed by atoms with E-state index < -0.39 is 18.1 Å². The number of thioether (sulfide) groups is 1. The molecule has 11 heteroatoms. The maximum Gasteiger partial charge on any atom is 0.316 e. The van der Waals surface area contributed by atoms with Crippen molar-refractivity contribution in [2.24, 2.45) is 0 Å². The molecule has 148 valence electrons. The Bertz CT molecular complexity index is 760. The van der Waals surface area contributed by atoms with Gasteiger partial charge in [-0.05, 0) is 19.1 Å². The first-order valence-electron chi connectivity index (χ1n) is 7.96. The summed E-state index contributed by atoms with van der Waals surface area (Å²) in [6.07, 6.45) is 0.938. The summed E-state index contributed by atoms with van der Waals surface area (Å²) < 4.78 is 51.5. The largest absolute Gasteiger partial charge is 0.316 e. The van der Waals surface area contributed by atoms with Crippen molar-refractivity contribution in [3.63, 3.8) is 0 Å². The smallest absolute Gasteiger partial charge is 0.308 e. The minimum atomic E-state index is -4.06. The minimum absolute atomic E-state index is 0.00793. The van der Waals surface area contributed by atoms with E-state index in [-0.39, 0.29) is 29.8 Å². The van der Waals surface area contributed by atoms with Crippen molar-refractivity contribution >= 4 is 35.0 Å².